The maximum atomic E-state index is 11.4. The number of hydrogen-bond donors (Lipinski definition) is 1. The molecule has 98 valence electrons. The maximum Gasteiger partial charge on any atom is 0.306 e. The van der Waals surface area contributed by atoms with Crippen molar-refractivity contribution < 1.29 is 9.90 Å². The van der Waals surface area contributed by atoms with E-state index >= 15 is 0 Å². The first-order chi connectivity index (χ1) is 8.58. The lowest BCUT2D eigenvalue weighted by molar-refractivity contribution is -0.144. The zero-order chi connectivity index (χ0) is 13.1. The van der Waals surface area contributed by atoms with E-state index in [1.165, 1.54) is 5.56 Å². The number of rotatable bonds is 3. The number of carboxylic acids is 1. The summed E-state index contributed by atoms with van der Waals surface area (Å²) < 4.78 is 0. The number of aliphatic carboxylic acids is 1. The summed E-state index contributed by atoms with van der Waals surface area (Å²) >= 11 is 7.21. The molecule has 2 nitrogen and oxygen atoms in total. The third-order valence-electron chi connectivity index (χ3n) is 3.63. The second-order valence-electron chi connectivity index (χ2n) is 4.90. The molecule has 2 rings (SSSR count). The lowest BCUT2D eigenvalue weighted by Gasteiger charge is -2.35. The topological polar surface area (TPSA) is 37.3 Å². The number of hydrogen-bond acceptors (Lipinski definition) is 1. The van der Waals surface area contributed by atoms with Gasteiger partial charge >= 0.3 is 5.97 Å². The molecule has 0 aliphatic heterocycles. The van der Waals surface area contributed by atoms with Crippen molar-refractivity contribution in [1.29, 1.82) is 0 Å². The predicted octanol–water partition coefficient (Wildman–Crippen LogP) is 3.87. The van der Waals surface area contributed by atoms with Crippen molar-refractivity contribution in [2.24, 2.45) is 11.8 Å². The number of carboxylic acid groups (broad SMARTS) is 1. The van der Waals surface area contributed by atoms with Gasteiger partial charge in [-0.1, -0.05) is 62.2 Å². The minimum Gasteiger partial charge on any atom is -0.481 e. The molecule has 0 unspecified atom stereocenters. The van der Waals surface area contributed by atoms with E-state index in [0.717, 1.165) is 12.8 Å². The highest BCUT2D eigenvalue weighted by molar-refractivity contribution is 9.12. The zero-order valence-electron chi connectivity index (χ0n) is 9.93. The van der Waals surface area contributed by atoms with Crippen LogP contribution in [0.3, 0.4) is 0 Å². The molecule has 1 aliphatic rings. The van der Waals surface area contributed by atoms with Gasteiger partial charge in [0.05, 0.1) is 5.92 Å². The van der Waals surface area contributed by atoms with Gasteiger partial charge in [-0.15, -0.1) is 0 Å². The predicted molar refractivity (Wildman–Crippen MR) is 79.4 cm³/mol. The fourth-order valence-corrected chi connectivity index (χ4v) is 3.94. The van der Waals surface area contributed by atoms with Crippen LogP contribution in [0.2, 0.25) is 0 Å². The van der Waals surface area contributed by atoms with Crippen LogP contribution >= 0.6 is 31.9 Å². The van der Waals surface area contributed by atoms with Crippen molar-refractivity contribution in [3.8, 4) is 0 Å². The Labute approximate surface area is 124 Å². The molecule has 18 heavy (non-hydrogen) atoms. The van der Waals surface area contributed by atoms with Crippen LogP contribution in [0.15, 0.2) is 30.3 Å². The standard InChI is InChI=1S/C14H16Br2O2/c15-12-7-10(6-9-4-2-1-3-5-9)11(14(17)18)8-13(12)16/h1-5,10-13H,6-8H2,(H,17,18)/t10-,11-,12-,13+/m0/s1. The van der Waals surface area contributed by atoms with Gasteiger partial charge < -0.3 is 5.11 Å². The Morgan fingerprint density at radius 3 is 2.39 bits per heavy atom. The van der Waals surface area contributed by atoms with E-state index in [1.54, 1.807) is 0 Å². The minimum atomic E-state index is -0.667. The molecule has 0 spiro atoms. The Balaban J connectivity index is 2.11. The summed E-state index contributed by atoms with van der Waals surface area (Å²) in [7, 11) is 0. The Morgan fingerprint density at radius 2 is 1.78 bits per heavy atom. The molecule has 0 aromatic heterocycles. The smallest absolute Gasteiger partial charge is 0.306 e. The Morgan fingerprint density at radius 1 is 1.17 bits per heavy atom. The first-order valence-electron chi connectivity index (χ1n) is 6.12. The van der Waals surface area contributed by atoms with E-state index in [-0.39, 0.29) is 16.7 Å². The molecule has 1 aromatic rings. The average Bonchev–Trinajstić information content (AvgIpc) is 2.34. The molecule has 0 radical (unpaired) electrons. The molecule has 0 bridgehead atoms. The van der Waals surface area contributed by atoms with Crippen LogP contribution in [-0.4, -0.2) is 20.7 Å². The van der Waals surface area contributed by atoms with Crippen molar-refractivity contribution >= 4 is 37.8 Å². The van der Waals surface area contributed by atoms with Gasteiger partial charge in [-0.2, -0.15) is 0 Å². The first kappa shape index (κ1) is 14.1. The fourth-order valence-electron chi connectivity index (χ4n) is 2.63. The maximum absolute atomic E-state index is 11.4. The van der Waals surface area contributed by atoms with Crippen LogP contribution in [-0.2, 0) is 11.2 Å². The molecular weight excluding hydrogens is 360 g/mol. The third-order valence-corrected chi connectivity index (χ3v) is 6.36. The van der Waals surface area contributed by atoms with Crippen LogP contribution in [0, 0.1) is 11.8 Å². The molecule has 4 atom stereocenters. The van der Waals surface area contributed by atoms with E-state index < -0.39 is 5.97 Å². The van der Waals surface area contributed by atoms with Gasteiger partial charge in [0.15, 0.2) is 0 Å². The van der Waals surface area contributed by atoms with Gasteiger partial charge in [0.25, 0.3) is 0 Å². The molecule has 4 heteroatoms. The molecule has 1 aromatic carbocycles. The lowest BCUT2D eigenvalue weighted by Crippen LogP contribution is -2.37. The van der Waals surface area contributed by atoms with Gasteiger partial charge in [0.1, 0.15) is 0 Å². The zero-order valence-corrected chi connectivity index (χ0v) is 13.1. The van der Waals surface area contributed by atoms with Gasteiger partial charge in [-0.05, 0) is 30.7 Å². The van der Waals surface area contributed by atoms with Crippen molar-refractivity contribution in [1.82, 2.24) is 0 Å². The molecule has 1 N–H and O–H groups in total. The number of alkyl halides is 2. The van der Waals surface area contributed by atoms with Gasteiger partial charge in [-0.3, -0.25) is 4.79 Å². The van der Waals surface area contributed by atoms with E-state index in [2.05, 4.69) is 44.0 Å². The average molecular weight is 376 g/mol. The van der Waals surface area contributed by atoms with Crippen molar-refractivity contribution in [2.45, 2.75) is 28.9 Å². The molecule has 0 heterocycles. The van der Waals surface area contributed by atoms with E-state index in [4.69, 9.17) is 0 Å². The van der Waals surface area contributed by atoms with E-state index in [1.807, 2.05) is 18.2 Å². The SMILES string of the molecule is O=C(O)[C@H]1C[C@@H](Br)[C@@H](Br)C[C@@H]1Cc1ccccc1. The second-order valence-corrected chi connectivity index (χ2v) is 7.25. The first-order valence-corrected chi connectivity index (χ1v) is 7.96. The molecule has 0 saturated heterocycles. The summed E-state index contributed by atoms with van der Waals surface area (Å²) in [5.41, 5.74) is 1.22. The quantitative estimate of drug-likeness (QED) is 0.814. The minimum absolute atomic E-state index is 0.211. The summed E-state index contributed by atoms with van der Waals surface area (Å²) in [6, 6.07) is 10.1. The molecule has 0 amide bonds. The number of benzene rings is 1. The molecule has 1 fully saturated rings. The fraction of sp³-hybridized carbons (Fsp3) is 0.500. The van der Waals surface area contributed by atoms with E-state index in [0.29, 0.717) is 11.2 Å². The summed E-state index contributed by atoms with van der Waals surface area (Å²) in [5.74, 6) is -0.703. The molecular formula is C14H16Br2O2. The van der Waals surface area contributed by atoms with Crippen molar-refractivity contribution in [2.75, 3.05) is 0 Å². The van der Waals surface area contributed by atoms with Crippen LogP contribution in [0.1, 0.15) is 18.4 Å². The van der Waals surface area contributed by atoms with Crippen LogP contribution in [0.4, 0.5) is 0 Å². The van der Waals surface area contributed by atoms with Gasteiger partial charge in [0, 0.05) is 9.65 Å². The summed E-state index contributed by atoms with van der Waals surface area (Å²) in [6.07, 6.45) is 2.45. The van der Waals surface area contributed by atoms with Gasteiger partial charge in [0.2, 0.25) is 0 Å². The van der Waals surface area contributed by atoms with Crippen LogP contribution in [0.5, 0.6) is 0 Å². The van der Waals surface area contributed by atoms with E-state index in [9.17, 15) is 9.90 Å². The molecule has 1 aliphatic carbocycles. The van der Waals surface area contributed by atoms with Crippen LogP contribution in [0.25, 0.3) is 0 Å². The van der Waals surface area contributed by atoms with Crippen LogP contribution < -0.4 is 0 Å². The monoisotopic (exact) mass is 374 g/mol. The number of halogens is 2. The Bertz CT molecular complexity index is 408. The summed E-state index contributed by atoms with van der Waals surface area (Å²) in [4.78, 5) is 12.0. The highest BCUT2D eigenvalue weighted by Crippen LogP contribution is 2.39. The summed E-state index contributed by atoms with van der Waals surface area (Å²) in [6.45, 7) is 0. The van der Waals surface area contributed by atoms with Gasteiger partial charge in [-0.25, -0.2) is 0 Å². The van der Waals surface area contributed by atoms with Crippen molar-refractivity contribution in [3.63, 3.8) is 0 Å². The normalized spacial score (nSPS) is 32.1. The molecule has 1 saturated carbocycles. The Kier molecular flexibility index (Phi) is 4.84. The third kappa shape index (κ3) is 3.35. The van der Waals surface area contributed by atoms with Crippen molar-refractivity contribution in [3.05, 3.63) is 35.9 Å². The number of carbonyl (C=O) groups is 1. The largest absolute Gasteiger partial charge is 0.481 e. The summed E-state index contributed by atoms with van der Waals surface area (Å²) in [5, 5.41) is 9.35. The Hall–Kier alpha value is -0.350. The highest BCUT2D eigenvalue weighted by Gasteiger charge is 2.38. The lowest BCUT2D eigenvalue weighted by atomic mass is 9.76. The second kappa shape index (κ2) is 6.20. The highest BCUT2D eigenvalue weighted by atomic mass is 79.9.